The number of aromatic carboxylic acids is 1. The van der Waals surface area contributed by atoms with Gasteiger partial charge in [-0.25, -0.2) is 9.78 Å². The third kappa shape index (κ3) is 1.80. The van der Waals surface area contributed by atoms with E-state index in [0.29, 0.717) is 11.2 Å². The molecule has 0 aliphatic heterocycles. The van der Waals surface area contributed by atoms with Gasteiger partial charge in [-0.3, -0.25) is 4.57 Å². The molecule has 0 radical (unpaired) electrons. The summed E-state index contributed by atoms with van der Waals surface area (Å²) >= 11 is 0. The van der Waals surface area contributed by atoms with E-state index in [-0.39, 0.29) is 5.56 Å². The maximum atomic E-state index is 10.8. The second-order valence-corrected chi connectivity index (χ2v) is 4.25. The van der Waals surface area contributed by atoms with E-state index in [1.807, 2.05) is 6.07 Å². The normalized spacial score (nSPS) is 10.3. The standard InChI is InChI=1S/C15H9N3O2/c16-8-11-9-18(14-13(11)2-1-7-17-14)12-5-3-10(4-6-12)15(19)20/h1-7,9H,(H,19,20). The van der Waals surface area contributed by atoms with Gasteiger partial charge in [0.05, 0.1) is 11.1 Å². The Morgan fingerprint density at radius 1 is 1.25 bits per heavy atom. The van der Waals surface area contributed by atoms with Gasteiger partial charge < -0.3 is 5.11 Å². The van der Waals surface area contributed by atoms with Gasteiger partial charge in [-0.2, -0.15) is 5.26 Å². The van der Waals surface area contributed by atoms with Gasteiger partial charge >= 0.3 is 5.97 Å². The zero-order chi connectivity index (χ0) is 14.1. The van der Waals surface area contributed by atoms with Gasteiger partial charge in [0.1, 0.15) is 11.7 Å². The molecule has 3 aromatic rings. The lowest BCUT2D eigenvalue weighted by Crippen LogP contribution is -1.98. The van der Waals surface area contributed by atoms with Gasteiger partial charge in [-0.1, -0.05) is 0 Å². The maximum Gasteiger partial charge on any atom is 0.335 e. The average Bonchev–Trinajstić information content (AvgIpc) is 2.86. The van der Waals surface area contributed by atoms with Crippen LogP contribution in [0.2, 0.25) is 0 Å². The maximum absolute atomic E-state index is 10.8. The smallest absolute Gasteiger partial charge is 0.335 e. The molecule has 2 heterocycles. The van der Waals surface area contributed by atoms with E-state index in [2.05, 4.69) is 11.1 Å². The molecular weight excluding hydrogens is 254 g/mol. The number of fused-ring (bicyclic) bond motifs is 1. The largest absolute Gasteiger partial charge is 0.478 e. The van der Waals surface area contributed by atoms with Crippen LogP contribution >= 0.6 is 0 Å². The highest BCUT2D eigenvalue weighted by Gasteiger charge is 2.10. The third-order valence-electron chi connectivity index (χ3n) is 3.08. The van der Waals surface area contributed by atoms with Crippen molar-refractivity contribution in [2.45, 2.75) is 0 Å². The Kier molecular flexibility index (Phi) is 2.70. The van der Waals surface area contributed by atoms with Crippen LogP contribution in [0.15, 0.2) is 48.8 Å². The van der Waals surface area contributed by atoms with Crippen LogP contribution in [-0.4, -0.2) is 20.6 Å². The number of pyridine rings is 1. The molecule has 2 aromatic heterocycles. The molecule has 0 saturated heterocycles. The summed E-state index contributed by atoms with van der Waals surface area (Å²) in [5.41, 5.74) is 2.20. The molecule has 0 atom stereocenters. The summed E-state index contributed by atoms with van der Waals surface area (Å²) in [4.78, 5) is 15.1. The first kappa shape index (κ1) is 11.9. The van der Waals surface area contributed by atoms with Crippen molar-refractivity contribution in [1.29, 1.82) is 5.26 Å². The van der Waals surface area contributed by atoms with Crippen LogP contribution in [0.25, 0.3) is 16.7 Å². The minimum absolute atomic E-state index is 0.221. The topological polar surface area (TPSA) is 78.9 Å². The van der Waals surface area contributed by atoms with Crippen molar-refractivity contribution in [2.75, 3.05) is 0 Å². The Labute approximate surface area is 114 Å². The molecule has 0 unspecified atom stereocenters. The van der Waals surface area contributed by atoms with Gasteiger partial charge in [0.25, 0.3) is 0 Å². The Balaban J connectivity index is 2.20. The quantitative estimate of drug-likeness (QED) is 0.770. The van der Waals surface area contributed by atoms with Gasteiger partial charge in [-0.05, 0) is 36.4 Å². The number of nitrogens with zero attached hydrogens (tertiary/aromatic N) is 3. The molecule has 1 N–H and O–H groups in total. The zero-order valence-corrected chi connectivity index (χ0v) is 10.3. The molecule has 1 aromatic carbocycles. The molecule has 0 aliphatic carbocycles. The fourth-order valence-corrected chi connectivity index (χ4v) is 2.11. The van der Waals surface area contributed by atoms with E-state index in [4.69, 9.17) is 10.4 Å². The second-order valence-electron chi connectivity index (χ2n) is 4.25. The fourth-order valence-electron chi connectivity index (χ4n) is 2.11. The van der Waals surface area contributed by atoms with Crippen LogP contribution in [0.1, 0.15) is 15.9 Å². The zero-order valence-electron chi connectivity index (χ0n) is 10.3. The lowest BCUT2D eigenvalue weighted by Gasteiger charge is -2.04. The lowest BCUT2D eigenvalue weighted by molar-refractivity contribution is 0.0697. The predicted molar refractivity (Wildman–Crippen MR) is 72.7 cm³/mol. The van der Waals surface area contributed by atoms with E-state index in [9.17, 15) is 4.79 Å². The van der Waals surface area contributed by atoms with E-state index in [0.717, 1.165) is 11.1 Å². The van der Waals surface area contributed by atoms with E-state index < -0.39 is 5.97 Å². The van der Waals surface area contributed by atoms with Crippen LogP contribution in [0.4, 0.5) is 0 Å². The SMILES string of the molecule is N#Cc1cn(-c2ccc(C(=O)O)cc2)c2ncccc12. The summed E-state index contributed by atoms with van der Waals surface area (Å²) < 4.78 is 1.78. The third-order valence-corrected chi connectivity index (χ3v) is 3.08. The van der Waals surface area contributed by atoms with Crippen LogP contribution < -0.4 is 0 Å². The number of hydrogen-bond acceptors (Lipinski definition) is 3. The van der Waals surface area contributed by atoms with Crippen molar-refractivity contribution >= 4 is 17.0 Å². The Hall–Kier alpha value is -3.13. The molecule has 3 rings (SSSR count). The van der Waals surface area contributed by atoms with Gasteiger partial charge in [0, 0.05) is 23.5 Å². The van der Waals surface area contributed by atoms with E-state index in [1.54, 1.807) is 35.2 Å². The molecule has 20 heavy (non-hydrogen) atoms. The molecule has 0 saturated carbocycles. The summed E-state index contributed by atoms with van der Waals surface area (Å²) in [6.07, 6.45) is 3.36. The summed E-state index contributed by atoms with van der Waals surface area (Å²) in [5, 5.41) is 18.8. The summed E-state index contributed by atoms with van der Waals surface area (Å²) in [5.74, 6) is -0.968. The first-order valence-corrected chi connectivity index (χ1v) is 5.90. The number of carboxylic acids is 1. The highest BCUT2D eigenvalue weighted by molar-refractivity contribution is 5.88. The van der Waals surface area contributed by atoms with Crippen molar-refractivity contribution in [1.82, 2.24) is 9.55 Å². The highest BCUT2D eigenvalue weighted by atomic mass is 16.4. The molecule has 0 fully saturated rings. The number of carbonyl (C=O) groups is 1. The minimum Gasteiger partial charge on any atom is -0.478 e. The second kappa shape index (κ2) is 4.52. The molecule has 0 spiro atoms. The first-order chi connectivity index (χ1) is 9.70. The van der Waals surface area contributed by atoms with Crippen LogP contribution in [0.3, 0.4) is 0 Å². The summed E-state index contributed by atoms with van der Waals surface area (Å²) in [6.45, 7) is 0. The first-order valence-electron chi connectivity index (χ1n) is 5.90. The van der Waals surface area contributed by atoms with Crippen molar-refractivity contribution < 1.29 is 9.90 Å². The summed E-state index contributed by atoms with van der Waals surface area (Å²) in [7, 11) is 0. The van der Waals surface area contributed by atoms with Crippen LogP contribution in [0, 0.1) is 11.3 Å². The monoisotopic (exact) mass is 263 g/mol. The number of aromatic nitrogens is 2. The molecule has 96 valence electrons. The van der Waals surface area contributed by atoms with Crippen LogP contribution in [0.5, 0.6) is 0 Å². The fraction of sp³-hybridized carbons (Fsp3) is 0. The minimum atomic E-state index is -0.968. The van der Waals surface area contributed by atoms with Crippen molar-refractivity contribution in [3.05, 3.63) is 59.9 Å². The lowest BCUT2D eigenvalue weighted by atomic mass is 10.2. The molecule has 0 amide bonds. The molecule has 0 bridgehead atoms. The Morgan fingerprint density at radius 3 is 2.65 bits per heavy atom. The molecule has 5 heteroatoms. The highest BCUT2D eigenvalue weighted by Crippen LogP contribution is 2.22. The number of nitriles is 1. The van der Waals surface area contributed by atoms with E-state index >= 15 is 0 Å². The molecule has 5 nitrogen and oxygen atoms in total. The molecule has 0 aliphatic rings. The van der Waals surface area contributed by atoms with Gasteiger partial charge in [0.15, 0.2) is 0 Å². The van der Waals surface area contributed by atoms with E-state index in [1.165, 1.54) is 12.1 Å². The summed E-state index contributed by atoms with van der Waals surface area (Å²) in [6, 6.07) is 12.2. The predicted octanol–water partition coefficient (Wildman–Crippen LogP) is 2.60. The molecular formula is C15H9N3O2. The Bertz CT molecular complexity index is 842. The van der Waals surface area contributed by atoms with Crippen LogP contribution in [-0.2, 0) is 0 Å². The average molecular weight is 263 g/mol. The number of carboxylic acid groups (broad SMARTS) is 1. The van der Waals surface area contributed by atoms with Crippen molar-refractivity contribution in [3.8, 4) is 11.8 Å². The van der Waals surface area contributed by atoms with Gasteiger partial charge in [0.2, 0.25) is 0 Å². The number of benzene rings is 1. The Morgan fingerprint density at radius 2 is 2.00 bits per heavy atom. The number of rotatable bonds is 2. The van der Waals surface area contributed by atoms with Crippen molar-refractivity contribution in [3.63, 3.8) is 0 Å². The number of hydrogen-bond donors (Lipinski definition) is 1. The van der Waals surface area contributed by atoms with Gasteiger partial charge in [-0.15, -0.1) is 0 Å². The van der Waals surface area contributed by atoms with Crippen molar-refractivity contribution in [2.24, 2.45) is 0 Å².